The van der Waals surface area contributed by atoms with E-state index in [2.05, 4.69) is 10.4 Å². The summed E-state index contributed by atoms with van der Waals surface area (Å²) in [6.07, 6.45) is 3.32. The van der Waals surface area contributed by atoms with Crippen molar-refractivity contribution in [1.82, 2.24) is 10.4 Å². The van der Waals surface area contributed by atoms with Crippen LogP contribution < -0.4 is 11.3 Å². The zero-order valence-corrected chi connectivity index (χ0v) is 9.66. The molecule has 3 nitrogen and oxygen atoms in total. The molecule has 17 heavy (non-hydrogen) atoms. The third kappa shape index (κ3) is 2.44. The molecule has 0 saturated heterocycles. The largest absolute Gasteiger partial charge is 0.271 e. The number of aromatic nitrogens is 1. The van der Waals surface area contributed by atoms with Gasteiger partial charge in [-0.1, -0.05) is 29.8 Å². The van der Waals surface area contributed by atoms with Crippen LogP contribution in [0, 0.1) is 5.82 Å². The average molecular weight is 252 g/mol. The monoisotopic (exact) mass is 251 g/mol. The molecule has 2 rings (SSSR count). The maximum atomic E-state index is 13.4. The molecule has 1 unspecified atom stereocenters. The van der Waals surface area contributed by atoms with E-state index in [4.69, 9.17) is 17.4 Å². The first-order valence-electron chi connectivity index (χ1n) is 5.04. The lowest BCUT2D eigenvalue weighted by atomic mass is 10.0. The quantitative estimate of drug-likeness (QED) is 0.651. The average Bonchev–Trinajstić information content (AvgIpc) is 2.37. The number of rotatable bonds is 3. The second kappa shape index (κ2) is 5.23. The van der Waals surface area contributed by atoms with E-state index in [0.717, 1.165) is 5.56 Å². The van der Waals surface area contributed by atoms with E-state index < -0.39 is 5.82 Å². The number of benzene rings is 1. The van der Waals surface area contributed by atoms with Crippen LogP contribution in [0.15, 0.2) is 42.7 Å². The van der Waals surface area contributed by atoms with Crippen LogP contribution in [0.2, 0.25) is 5.02 Å². The van der Waals surface area contributed by atoms with Crippen LogP contribution in [-0.4, -0.2) is 4.98 Å². The summed E-state index contributed by atoms with van der Waals surface area (Å²) in [6, 6.07) is 7.88. The van der Waals surface area contributed by atoms with E-state index in [1.165, 1.54) is 6.07 Å². The molecular formula is C12H11ClFN3. The molecule has 1 aromatic heterocycles. The molecule has 0 spiro atoms. The minimum Gasteiger partial charge on any atom is -0.271 e. The fourth-order valence-electron chi connectivity index (χ4n) is 1.66. The predicted molar refractivity (Wildman–Crippen MR) is 64.8 cm³/mol. The minimum atomic E-state index is -0.465. The van der Waals surface area contributed by atoms with Crippen molar-refractivity contribution in [3.63, 3.8) is 0 Å². The van der Waals surface area contributed by atoms with E-state index >= 15 is 0 Å². The molecule has 1 atom stereocenters. The Morgan fingerprint density at radius 3 is 2.76 bits per heavy atom. The smallest absolute Gasteiger partial charge is 0.142 e. The van der Waals surface area contributed by atoms with Gasteiger partial charge in [0.1, 0.15) is 5.82 Å². The number of nitrogens with zero attached hydrogens (tertiary/aromatic N) is 1. The first-order valence-corrected chi connectivity index (χ1v) is 5.42. The molecule has 0 radical (unpaired) electrons. The zero-order valence-electron chi connectivity index (χ0n) is 8.90. The summed E-state index contributed by atoms with van der Waals surface area (Å²) in [5, 5.41) is 0.0688. The number of hydrogen-bond acceptors (Lipinski definition) is 3. The van der Waals surface area contributed by atoms with Gasteiger partial charge in [-0.05, 0) is 23.3 Å². The number of pyridine rings is 1. The Morgan fingerprint density at radius 1 is 1.29 bits per heavy atom. The van der Waals surface area contributed by atoms with E-state index in [0.29, 0.717) is 5.56 Å². The SMILES string of the molecule is NNC(c1cccnc1)c1cccc(F)c1Cl. The van der Waals surface area contributed by atoms with Gasteiger partial charge in [-0.25, -0.2) is 9.82 Å². The van der Waals surface area contributed by atoms with Crippen molar-refractivity contribution < 1.29 is 4.39 Å². The van der Waals surface area contributed by atoms with Gasteiger partial charge in [0, 0.05) is 12.4 Å². The summed E-state index contributed by atoms with van der Waals surface area (Å²) in [7, 11) is 0. The fraction of sp³-hybridized carbons (Fsp3) is 0.0833. The molecule has 1 aromatic carbocycles. The highest BCUT2D eigenvalue weighted by molar-refractivity contribution is 6.31. The number of hydrogen-bond donors (Lipinski definition) is 2. The maximum absolute atomic E-state index is 13.4. The summed E-state index contributed by atoms with van der Waals surface area (Å²) < 4.78 is 13.4. The highest BCUT2D eigenvalue weighted by atomic mass is 35.5. The van der Waals surface area contributed by atoms with Crippen molar-refractivity contribution in [2.75, 3.05) is 0 Å². The number of hydrazine groups is 1. The van der Waals surface area contributed by atoms with Crippen LogP contribution in [0.25, 0.3) is 0 Å². The van der Waals surface area contributed by atoms with Crippen LogP contribution >= 0.6 is 11.6 Å². The van der Waals surface area contributed by atoms with Crippen LogP contribution in [-0.2, 0) is 0 Å². The minimum absolute atomic E-state index is 0.0688. The van der Waals surface area contributed by atoms with Crippen molar-refractivity contribution in [3.05, 3.63) is 64.7 Å². The molecule has 0 saturated carbocycles. The Labute approximate surface area is 103 Å². The highest BCUT2D eigenvalue weighted by Crippen LogP contribution is 2.29. The van der Waals surface area contributed by atoms with Crippen LogP contribution in [0.5, 0.6) is 0 Å². The van der Waals surface area contributed by atoms with E-state index in [-0.39, 0.29) is 11.1 Å². The normalized spacial score (nSPS) is 12.4. The zero-order chi connectivity index (χ0) is 12.3. The van der Waals surface area contributed by atoms with Gasteiger partial charge in [-0.2, -0.15) is 0 Å². The first-order chi connectivity index (χ1) is 8.24. The summed E-state index contributed by atoms with van der Waals surface area (Å²) >= 11 is 5.93. The molecule has 0 aliphatic rings. The number of nitrogens with two attached hydrogens (primary N) is 1. The predicted octanol–water partition coefficient (Wildman–Crippen LogP) is 2.43. The third-order valence-corrected chi connectivity index (χ3v) is 2.88. The fourth-order valence-corrected chi connectivity index (χ4v) is 1.89. The maximum Gasteiger partial charge on any atom is 0.142 e. The molecule has 0 fully saturated rings. The van der Waals surface area contributed by atoms with Crippen molar-refractivity contribution in [2.24, 2.45) is 5.84 Å². The van der Waals surface area contributed by atoms with Gasteiger partial charge < -0.3 is 0 Å². The van der Waals surface area contributed by atoms with Gasteiger partial charge >= 0.3 is 0 Å². The van der Waals surface area contributed by atoms with Gasteiger partial charge in [-0.3, -0.25) is 10.8 Å². The van der Waals surface area contributed by atoms with Crippen LogP contribution in [0.3, 0.4) is 0 Å². The molecule has 0 amide bonds. The highest BCUT2D eigenvalue weighted by Gasteiger charge is 2.17. The van der Waals surface area contributed by atoms with Crippen molar-refractivity contribution in [2.45, 2.75) is 6.04 Å². The van der Waals surface area contributed by atoms with Crippen LogP contribution in [0.1, 0.15) is 17.2 Å². The lowest BCUT2D eigenvalue weighted by Crippen LogP contribution is -2.29. The number of halogens is 2. The Kier molecular flexibility index (Phi) is 3.68. The van der Waals surface area contributed by atoms with E-state index in [9.17, 15) is 4.39 Å². The van der Waals surface area contributed by atoms with Crippen molar-refractivity contribution in [1.29, 1.82) is 0 Å². The van der Waals surface area contributed by atoms with Crippen molar-refractivity contribution in [3.8, 4) is 0 Å². The number of nitrogens with one attached hydrogen (secondary N) is 1. The molecule has 88 valence electrons. The molecule has 5 heteroatoms. The third-order valence-electron chi connectivity index (χ3n) is 2.48. The molecule has 2 aromatic rings. The van der Waals surface area contributed by atoms with Crippen LogP contribution in [0.4, 0.5) is 4.39 Å². The molecule has 0 aliphatic carbocycles. The first kappa shape index (κ1) is 12.0. The second-order valence-electron chi connectivity index (χ2n) is 3.53. The Hall–Kier alpha value is -1.49. The second-order valence-corrected chi connectivity index (χ2v) is 3.91. The molecular weight excluding hydrogens is 241 g/mol. The topological polar surface area (TPSA) is 50.9 Å². The lowest BCUT2D eigenvalue weighted by Gasteiger charge is -2.17. The summed E-state index contributed by atoms with van der Waals surface area (Å²) in [4.78, 5) is 4.00. The Morgan fingerprint density at radius 2 is 2.12 bits per heavy atom. The molecule has 1 heterocycles. The van der Waals surface area contributed by atoms with Crippen molar-refractivity contribution >= 4 is 11.6 Å². The van der Waals surface area contributed by atoms with Gasteiger partial charge in [-0.15, -0.1) is 0 Å². The van der Waals surface area contributed by atoms with Gasteiger partial charge in [0.2, 0.25) is 0 Å². The van der Waals surface area contributed by atoms with E-state index in [1.54, 1.807) is 30.6 Å². The van der Waals surface area contributed by atoms with Gasteiger partial charge in [0.05, 0.1) is 11.1 Å². The molecule has 0 bridgehead atoms. The molecule has 3 N–H and O–H groups in total. The summed E-state index contributed by atoms with van der Waals surface area (Å²) in [6.45, 7) is 0. The van der Waals surface area contributed by atoms with Gasteiger partial charge in [0.15, 0.2) is 0 Å². The lowest BCUT2D eigenvalue weighted by molar-refractivity contribution is 0.605. The summed E-state index contributed by atoms with van der Waals surface area (Å²) in [5.74, 6) is 5.03. The van der Waals surface area contributed by atoms with Gasteiger partial charge in [0.25, 0.3) is 0 Å². The Bertz CT molecular complexity index is 504. The Balaban J connectivity index is 2.46. The summed E-state index contributed by atoms with van der Waals surface area (Å²) in [5.41, 5.74) is 4.02. The van der Waals surface area contributed by atoms with E-state index in [1.807, 2.05) is 6.07 Å². The molecule has 0 aliphatic heterocycles. The standard InChI is InChI=1S/C12H11ClFN3/c13-11-9(4-1-5-10(11)14)12(17-15)8-3-2-6-16-7-8/h1-7,12,17H,15H2.